The second-order valence-corrected chi connectivity index (χ2v) is 14.1. The van der Waals surface area contributed by atoms with Gasteiger partial charge in [-0.2, -0.15) is 4.57 Å². The van der Waals surface area contributed by atoms with Gasteiger partial charge in [-0.3, -0.25) is 9.00 Å². The number of nitrogens with zero attached hydrogens (tertiary/aromatic N) is 1. The van der Waals surface area contributed by atoms with Crippen molar-refractivity contribution < 1.29 is 101 Å². The summed E-state index contributed by atoms with van der Waals surface area (Å²) in [5, 5.41) is 0. The van der Waals surface area contributed by atoms with Gasteiger partial charge in [0.2, 0.25) is 12.3 Å². The molecular formula is C38H14BF20NO2S. The van der Waals surface area contributed by atoms with Gasteiger partial charge in [0.05, 0.1) is 0 Å². The van der Waals surface area contributed by atoms with Gasteiger partial charge < -0.3 is 0 Å². The molecule has 0 radical (unpaired) electrons. The highest BCUT2D eigenvalue weighted by Gasteiger charge is 2.52. The van der Waals surface area contributed by atoms with Crippen LogP contribution in [0.15, 0.2) is 59.8 Å². The van der Waals surface area contributed by atoms with E-state index in [-0.39, 0.29) is 5.78 Å². The van der Waals surface area contributed by atoms with Gasteiger partial charge in [0, 0.05) is 39.6 Å². The molecule has 0 amide bonds. The molecule has 63 heavy (non-hydrogen) atoms. The van der Waals surface area contributed by atoms with Crippen LogP contribution in [0.5, 0.6) is 0 Å². The van der Waals surface area contributed by atoms with Crippen molar-refractivity contribution in [2.75, 3.05) is 6.26 Å². The number of ketones is 1. The molecule has 332 valence electrons. The molecule has 3 nitrogen and oxygen atoms in total. The van der Waals surface area contributed by atoms with E-state index in [2.05, 4.69) is 0 Å². The summed E-state index contributed by atoms with van der Waals surface area (Å²) in [6.45, 7) is 0.292. The molecule has 1 aromatic heterocycles. The maximum absolute atomic E-state index is 15.4. The van der Waals surface area contributed by atoms with E-state index in [1.165, 1.54) is 0 Å². The lowest BCUT2D eigenvalue weighted by Gasteiger charge is -2.44. The number of aromatic nitrogens is 1. The molecule has 1 atom stereocenters. The van der Waals surface area contributed by atoms with Crippen LogP contribution in [0.25, 0.3) is 0 Å². The number of halogens is 20. The highest BCUT2D eigenvalue weighted by molar-refractivity contribution is 7.84. The van der Waals surface area contributed by atoms with Crippen LogP contribution in [0.2, 0.25) is 0 Å². The van der Waals surface area contributed by atoms with Crippen LogP contribution >= 0.6 is 0 Å². The Hall–Kier alpha value is -6.27. The smallest absolute Gasteiger partial charge is 0.227 e. The van der Waals surface area contributed by atoms with Gasteiger partial charge in [-0.05, 0) is 12.1 Å². The first-order chi connectivity index (χ1) is 29.4. The van der Waals surface area contributed by atoms with Crippen molar-refractivity contribution in [3.8, 4) is 0 Å². The van der Waals surface area contributed by atoms with Crippen LogP contribution in [0.4, 0.5) is 87.8 Å². The molecule has 0 aliphatic heterocycles. The van der Waals surface area contributed by atoms with Crippen molar-refractivity contribution in [3.63, 3.8) is 0 Å². The first-order valence-corrected chi connectivity index (χ1v) is 18.1. The molecule has 0 saturated heterocycles. The largest absolute Gasteiger partial charge is 0.287 e. The van der Waals surface area contributed by atoms with Crippen molar-refractivity contribution in [3.05, 3.63) is 177 Å². The fourth-order valence-corrected chi connectivity index (χ4v) is 7.08. The van der Waals surface area contributed by atoms with Crippen LogP contribution in [0.3, 0.4) is 0 Å². The van der Waals surface area contributed by atoms with Gasteiger partial charge >= 0.3 is 0 Å². The van der Waals surface area contributed by atoms with Crippen molar-refractivity contribution in [1.82, 2.24) is 0 Å². The van der Waals surface area contributed by atoms with Crippen LogP contribution in [0.1, 0.15) is 10.4 Å². The number of Topliss-reactive ketones (excluding diaryl/α,β-unsaturated/α-hetero) is 1. The minimum absolute atomic E-state index is 0.0125. The minimum atomic E-state index is -7.22. The highest BCUT2D eigenvalue weighted by atomic mass is 32.2. The van der Waals surface area contributed by atoms with Gasteiger partial charge in [-0.25, -0.2) is 87.8 Å². The molecule has 0 aliphatic carbocycles. The van der Waals surface area contributed by atoms with E-state index in [1.54, 1.807) is 30.5 Å². The lowest BCUT2D eigenvalue weighted by Crippen LogP contribution is -2.81. The van der Waals surface area contributed by atoms with Gasteiger partial charge in [-0.1, -0.05) is 18.2 Å². The first-order valence-electron chi connectivity index (χ1n) is 16.5. The summed E-state index contributed by atoms with van der Waals surface area (Å²) in [6, 6.07) is 12.6. The van der Waals surface area contributed by atoms with E-state index in [1.807, 2.05) is 35.2 Å². The summed E-state index contributed by atoms with van der Waals surface area (Å²) in [4.78, 5) is 12.7. The van der Waals surface area contributed by atoms with Crippen LogP contribution in [0, 0.1) is 116 Å². The Labute approximate surface area is 340 Å². The van der Waals surface area contributed by atoms with Crippen molar-refractivity contribution in [2.24, 2.45) is 0 Å². The topological polar surface area (TPSA) is 38.0 Å². The standard InChI is InChI=1S/C24BF20.C14H14NO2S/c26-5-1(6(27)14(35)21(42)13(5)34)25(2-7(28)15(36)22(43)16(37)8(2)29,3-9(30)17(38)23(44)18(39)10(3)31)4-11(32)19(40)24(45)20(41)12(4)33;1-18(17)13-7-5-6-12(10-13)14(16)11-15-8-3-2-4-9-15/h;2-10H,11H2,1H3/q-1;+1. The zero-order valence-electron chi connectivity index (χ0n) is 30.2. The SMILES string of the molecule is CS(=O)c1cccc(C(=O)C[n+]2ccccc2)c1.Fc1c(F)c(F)c([B-](c2c(F)c(F)c(F)c(F)c2F)(c2c(F)c(F)c(F)c(F)c2F)c2c(F)c(F)c(F)c(F)c2F)c(F)c1F. The number of hydrogen-bond donors (Lipinski definition) is 0. The average Bonchev–Trinajstić information content (AvgIpc) is 3.26. The van der Waals surface area contributed by atoms with Crippen LogP contribution in [-0.4, -0.2) is 22.4 Å². The summed E-state index contributed by atoms with van der Waals surface area (Å²) in [5.41, 5.74) is -13.7. The molecule has 0 N–H and O–H groups in total. The van der Waals surface area contributed by atoms with E-state index >= 15 is 35.1 Å². The Kier molecular flexibility index (Phi) is 13.5. The molecule has 6 rings (SSSR count). The lowest BCUT2D eigenvalue weighted by atomic mass is 9.12. The number of benzene rings is 5. The molecular weight excluding hydrogens is 925 g/mol. The van der Waals surface area contributed by atoms with Crippen molar-refractivity contribution in [2.45, 2.75) is 11.4 Å². The van der Waals surface area contributed by atoms with Gasteiger partial charge in [0.15, 0.2) is 82.2 Å². The number of carbonyl (C=O) groups excluding carboxylic acids is 1. The van der Waals surface area contributed by atoms with Crippen LogP contribution in [-0.2, 0) is 17.3 Å². The quantitative estimate of drug-likeness (QED) is 0.0398. The summed E-state index contributed by atoms with van der Waals surface area (Å²) in [7, 11) is -1.06. The first kappa shape index (κ1) is 47.8. The Morgan fingerprint density at radius 1 is 0.429 bits per heavy atom. The zero-order chi connectivity index (χ0) is 47.3. The molecule has 0 spiro atoms. The maximum Gasteiger partial charge on any atom is 0.227 e. The number of carbonyl (C=O) groups is 1. The van der Waals surface area contributed by atoms with Crippen molar-refractivity contribution >= 4 is 44.6 Å². The zero-order valence-corrected chi connectivity index (χ0v) is 31.0. The molecule has 0 fully saturated rings. The number of hydrogen-bond acceptors (Lipinski definition) is 2. The van der Waals surface area contributed by atoms with E-state index in [4.69, 9.17) is 0 Å². The third-order valence-electron chi connectivity index (χ3n) is 9.30. The van der Waals surface area contributed by atoms with Crippen molar-refractivity contribution in [1.29, 1.82) is 0 Å². The van der Waals surface area contributed by atoms with Gasteiger partial charge in [0.1, 0.15) is 52.7 Å². The molecule has 1 heterocycles. The molecule has 6 aromatic rings. The molecule has 0 aliphatic rings. The Balaban J connectivity index is 0.000000345. The Morgan fingerprint density at radius 2 is 0.698 bits per heavy atom. The summed E-state index contributed by atoms with van der Waals surface area (Å²) in [5.74, 6) is -71.4. The predicted octanol–water partition coefficient (Wildman–Crippen LogP) is 7.44. The molecule has 0 saturated carbocycles. The molecule has 0 bridgehead atoms. The lowest BCUT2D eigenvalue weighted by molar-refractivity contribution is -0.683. The Bertz CT molecular complexity index is 2500. The second kappa shape index (κ2) is 17.8. The number of pyridine rings is 1. The predicted molar refractivity (Wildman–Crippen MR) is 179 cm³/mol. The van der Waals surface area contributed by atoms with E-state index in [9.17, 15) is 61.7 Å². The number of rotatable bonds is 8. The van der Waals surface area contributed by atoms with Gasteiger partial charge in [0.25, 0.3) is 0 Å². The van der Waals surface area contributed by atoms with Crippen LogP contribution < -0.4 is 26.4 Å². The molecule has 5 aromatic carbocycles. The van der Waals surface area contributed by atoms with E-state index in [0.717, 1.165) is 0 Å². The summed E-state index contributed by atoms with van der Waals surface area (Å²) < 4.78 is 307. The summed E-state index contributed by atoms with van der Waals surface area (Å²) in [6.07, 6.45) is -1.92. The monoisotopic (exact) mass is 939 g/mol. The fraction of sp³-hybridized carbons (Fsp3) is 0.0526. The normalized spacial score (nSPS) is 12.0. The third kappa shape index (κ3) is 7.79. The fourth-order valence-electron chi connectivity index (χ4n) is 6.52. The minimum Gasteiger partial charge on any atom is -0.287 e. The second-order valence-electron chi connectivity index (χ2n) is 12.8. The Morgan fingerprint density at radius 3 is 0.968 bits per heavy atom. The maximum atomic E-state index is 15.4. The van der Waals surface area contributed by atoms with E-state index in [0.29, 0.717) is 17.0 Å². The average molecular weight is 939 g/mol. The molecule has 1 unspecified atom stereocenters. The summed E-state index contributed by atoms with van der Waals surface area (Å²) >= 11 is 0. The van der Waals surface area contributed by atoms with Gasteiger partial charge in [-0.15, -0.1) is 21.9 Å². The molecule has 25 heteroatoms. The van der Waals surface area contributed by atoms with E-state index < -0.39 is 155 Å². The highest BCUT2D eigenvalue weighted by Crippen LogP contribution is 2.30. The third-order valence-corrected chi connectivity index (χ3v) is 10.2.